The predicted molar refractivity (Wildman–Crippen MR) is 345 cm³/mol. The number of carboxylic acid groups (broad SMARTS) is 1. The molecule has 0 saturated carbocycles. The number of rotatable bonds is 10. The zero-order chi connectivity index (χ0) is 88.2. The molecule has 0 radical (unpaired) electrons. The average molecular weight is 1800 g/mol. The van der Waals surface area contributed by atoms with Crippen LogP contribution in [0.5, 0.6) is 0 Å². The molecular weight excluding hydrogens is 1740 g/mol. The summed E-state index contributed by atoms with van der Waals surface area (Å²) in [6.07, 6.45) is 0. The molecule has 7 aromatic carbocycles. The molecule has 0 N–H and O–H groups in total. The van der Waals surface area contributed by atoms with Crippen LogP contribution in [0.4, 0.5) is 60.3 Å². The van der Waals surface area contributed by atoms with E-state index in [9.17, 15) is 149 Å². The van der Waals surface area contributed by atoms with E-state index in [1.165, 1.54) is 48.5 Å². The van der Waals surface area contributed by atoms with E-state index >= 15 is 0 Å². The molecule has 1 aliphatic rings. The molecule has 1 atom stereocenters. The summed E-state index contributed by atoms with van der Waals surface area (Å²) in [5, 5.41) is 21.0. The van der Waals surface area contributed by atoms with Gasteiger partial charge in [0.15, 0.2) is 33.4 Å². The van der Waals surface area contributed by atoms with E-state index < -0.39 is 145 Å². The minimum absolute atomic E-state index is 0.00919. The molecule has 0 spiro atoms. The fourth-order valence-electron chi connectivity index (χ4n) is 7.62. The molecule has 7 aromatic rings. The fraction of sp³-hybridized carbons (Fsp3) is 0.237. The number of fused-ring (bicyclic) bond motifs is 1. The van der Waals surface area contributed by atoms with Gasteiger partial charge in [-0.15, -0.1) is 10.2 Å². The zero-order valence-electron chi connectivity index (χ0n) is 57.3. The van der Waals surface area contributed by atoms with E-state index in [1.807, 2.05) is 53.7 Å². The molecule has 111 heavy (non-hydrogen) atoms. The second-order valence-electron chi connectivity index (χ2n) is 22.1. The first kappa shape index (κ1) is 106. The summed E-state index contributed by atoms with van der Waals surface area (Å²) in [6.45, 7) is 18.7. The second kappa shape index (κ2) is 40.0. The Bertz CT molecular complexity index is 5210. The molecular formula is C59H55ClF14NO27PS8-10. The number of halogens is 15. The molecule has 0 amide bonds. The monoisotopic (exact) mass is 1800 g/mol. The molecule has 626 valence electrons. The number of aliphatic carboxylic acids is 1. The first-order chi connectivity index (χ1) is 49.2. The Balaban J connectivity index is 0. The molecule has 0 aromatic heterocycles. The smallest absolute Gasteiger partial charge is 0.485 e. The Morgan fingerprint density at radius 3 is 1.08 bits per heavy atom. The summed E-state index contributed by atoms with van der Waals surface area (Å²) in [5.41, 5.74) is -0.0353. The second-order valence-corrected chi connectivity index (χ2v) is 35.7. The maximum Gasteiger partial charge on any atom is 0.485 e. The predicted octanol–water partition coefficient (Wildman–Crippen LogP) is 6.38. The quantitative estimate of drug-likeness (QED) is 0.0209. The number of carbonyl (C=O) groups is 2. The fourth-order valence-corrected chi connectivity index (χ4v) is 12.7. The number of ketones is 1. The van der Waals surface area contributed by atoms with Crippen LogP contribution in [0.3, 0.4) is 0 Å². The number of hydrogen-bond acceptors (Lipinski definition) is 28. The first-order valence-electron chi connectivity index (χ1n) is 28.5. The number of Topliss-reactive ketones (excluding diaryl/α,β-unsaturated/α-hetero) is 1. The Morgan fingerprint density at radius 2 is 0.802 bits per heavy atom. The Hall–Kier alpha value is -7.44. The van der Waals surface area contributed by atoms with Gasteiger partial charge >= 0.3 is 38.5 Å². The Labute approximate surface area is 632 Å². The molecule has 0 fully saturated rings. The van der Waals surface area contributed by atoms with Crippen molar-refractivity contribution in [2.75, 3.05) is 0 Å². The van der Waals surface area contributed by atoms with Crippen LogP contribution in [0.15, 0.2) is 167 Å². The topological polar surface area (TPSA) is 545 Å². The number of sulfonamides is 1. The number of carboxylic acids is 1. The van der Waals surface area contributed by atoms with E-state index in [2.05, 4.69) is 29.4 Å². The minimum atomic E-state index is -10.7. The van der Waals surface area contributed by atoms with E-state index in [4.69, 9.17) is 31.6 Å². The third-order valence-electron chi connectivity index (χ3n) is 12.0. The summed E-state index contributed by atoms with van der Waals surface area (Å²) < 4.78 is 390. The Kier molecular flexibility index (Phi) is 38.1. The van der Waals surface area contributed by atoms with E-state index in [0.29, 0.717) is 28.2 Å². The molecule has 0 aliphatic carbocycles. The molecule has 8 rings (SSSR count). The molecule has 0 bridgehead atoms. The van der Waals surface area contributed by atoms with Gasteiger partial charge in [0.2, 0.25) is 11.6 Å². The van der Waals surface area contributed by atoms with E-state index in [-0.39, 0.29) is 47.4 Å². The summed E-state index contributed by atoms with van der Waals surface area (Å²) in [4.78, 5) is 18.3. The maximum absolute atomic E-state index is 12.6. The standard InChI is InChI=1S/C15H24O3S.C9H12O3S.C8H6O3.C7H5NO3S.C7H8O3S.C6HF5O3S.C6H6O2S2.CHF3O3S.ClHO4.F6P/c1-9(2)12-7-13(10(3)4)15(19(16,17)18)14(8-12)11(5)6;1-6-4-7(2)9(8(3)5-6)13(10,11)12;9-7(8(10)11)6-4-2-1-3-5-6;9-7-5-3-1-2-4-6(5)12(10,11)8-7;1-6-2-4-7(5-3-6)11(8,9)10;7-1-2(8)4(10)6(15(12,13)14)5(11)3(1)9;7-10(8,9)6-4-2-1-3-5-6;2-1(3,4)8(5,6)7;2-1(3,4)5;1-7(2,3,4,5)6/h7-11H,1-6H3,(H,16,17,18);4-5H,1-3H3,(H,10,11,12);1-5H,(H,10,11);1-4H,(H,8,9);2-5H,1H3,(H,8,9,10);(H,12,13,14);1-5H,(H,7,8,9);(H,5,6,7);(H,2,3,4,5);/q;;;;;;;;;-1/p-9. The van der Waals surface area contributed by atoms with Crippen LogP contribution in [-0.4, -0.2) is 105 Å². The SMILES string of the molecule is CC(C)c1cc(C(C)C)c(S(=O)(=O)[O-])c(C(C)C)c1.Cc1cc(C)c(S(=O)(=O)[O-])c(C)c1.Cc1ccc(S(=O)(=O)[O-])cc1.F[P-](F)(F)(F)(F)F.O=C([O-])C(=O)c1ccccc1.O=S(=O)([O-])C(F)(F)F.O=S(=O)([O-])c1c(F)c(F)c(F)c(F)c1F.O=S([O-])(=S)c1ccccc1.O=S1(=O)N=C([O-])c2ccccc21.[O-][Cl+3]([O-])([O-])[O-]. The Morgan fingerprint density at radius 1 is 0.477 bits per heavy atom. The summed E-state index contributed by atoms with van der Waals surface area (Å²) in [6, 6.07) is 34.6. The van der Waals surface area contributed by atoms with Crippen molar-refractivity contribution in [2.24, 2.45) is 4.40 Å². The van der Waals surface area contributed by atoms with Crippen molar-refractivity contribution in [1.29, 1.82) is 0 Å². The van der Waals surface area contributed by atoms with Crippen LogP contribution >= 0.6 is 7.81 Å². The number of carbonyl (C=O) groups excluding carboxylic acids is 2. The van der Waals surface area contributed by atoms with Crippen molar-refractivity contribution in [3.05, 3.63) is 213 Å². The molecule has 0 saturated heterocycles. The van der Waals surface area contributed by atoms with Crippen molar-refractivity contribution in [3.8, 4) is 0 Å². The van der Waals surface area contributed by atoms with Crippen LogP contribution in [-0.2, 0) is 85.4 Å². The van der Waals surface area contributed by atoms with Gasteiger partial charge in [0, 0.05) is 21.9 Å². The van der Waals surface area contributed by atoms with Gasteiger partial charge in [0.1, 0.15) is 51.3 Å². The number of alkyl halides is 3. The van der Waals surface area contributed by atoms with Gasteiger partial charge in [-0.3, -0.25) is 9.00 Å². The van der Waals surface area contributed by atoms with Gasteiger partial charge in [-0.2, -0.15) is 26.0 Å². The largest absolute Gasteiger partial charge is 0.858 e. The number of nitrogens with zero attached hydrogens (tertiary/aromatic N) is 1. The van der Waals surface area contributed by atoms with Crippen LogP contribution < -0.4 is 28.8 Å². The number of benzene rings is 7. The summed E-state index contributed by atoms with van der Waals surface area (Å²) >= 11 is 4.22. The average Bonchev–Trinajstić information content (AvgIpc) is 1.58. The van der Waals surface area contributed by atoms with Gasteiger partial charge < -0.3 is 42.3 Å². The van der Waals surface area contributed by atoms with Crippen molar-refractivity contribution >= 4 is 106 Å². The molecule has 1 aliphatic heterocycles. The maximum atomic E-state index is 12.6. The first-order valence-corrected chi connectivity index (χ1v) is 42.6. The van der Waals surface area contributed by atoms with Crippen molar-refractivity contribution in [2.45, 2.75) is 122 Å². The zero-order valence-corrected chi connectivity index (χ0v) is 65.5. The third kappa shape index (κ3) is 40.7. The van der Waals surface area contributed by atoms with Crippen LogP contribution in [0.25, 0.3) is 0 Å². The van der Waals surface area contributed by atoms with Gasteiger partial charge in [0.05, 0.1) is 19.6 Å². The van der Waals surface area contributed by atoms with Crippen LogP contribution in [0, 0.1) is 67.0 Å². The normalized spacial score (nSPS) is 13.6. The van der Waals surface area contributed by atoms with Crippen molar-refractivity contribution in [1.82, 2.24) is 0 Å². The third-order valence-corrected chi connectivity index (χ3v) is 19.2. The molecule has 1 heterocycles. The summed E-state index contributed by atoms with van der Waals surface area (Å²) in [7, 11) is -47.6. The molecule has 1 unspecified atom stereocenters. The summed E-state index contributed by atoms with van der Waals surface area (Å²) in [5.74, 6) is -15.8. The van der Waals surface area contributed by atoms with Gasteiger partial charge in [0.25, 0.3) is 10.0 Å². The van der Waals surface area contributed by atoms with Gasteiger partial charge in [-0.1, -0.05) is 156 Å². The molecule has 52 heteroatoms. The van der Waals surface area contributed by atoms with Crippen molar-refractivity contribution in [3.63, 3.8) is 0 Å². The van der Waals surface area contributed by atoms with Gasteiger partial charge in [-0.05, 0) is 124 Å². The van der Waals surface area contributed by atoms with Crippen LogP contribution in [0.2, 0.25) is 0 Å². The van der Waals surface area contributed by atoms with E-state index in [0.717, 1.165) is 16.7 Å². The molecule has 28 nitrogen and oxygen atoms in total. The minimum Gasteiger partial charge on any atom is -0.858 e. The van der Waals surface area contributed by atoms with Gasteiger partial charge in [-0.25, -0.2) is 82.7 Å². The van der Waals surface area contributed by atoms with E-state index in [1.54, 1.807) is 86.6 Å². The number of aryl methyl sites for hydroxylation is 4. The van der Waals surface area contributed by atoms with Crippen LogP contribution in [0.1, 0.15) is 114 Å². The number of hydrogen-bond donors (Lipinski definition) is 0. The van der Waals surface area contributed by atoms with Crippen molar-refractivity contribution < 1.29 is 191 Å².